The Labute approximate surface area is 178 Å². The standard InChI is InChI=1S/C21H26N4O2S2/c1-15-8-10-25(11-9-15)16(17-4-2-12-28-17)14-22-19(26)6-7-20-23-21(24-27-20)18-5-3-13-29-18/h2-5,12-13,15-16H,6-11,14H2,1H3,(H,22,26)/t16-/m0/s1. The number of hydrogen-bond donors (Lipinski definition) is 1. The van der Waals surface area contributed by atoms with E-state index in [0.717, 1.165) is 23.9 Å². The fourth-order valence-electron chi connectivity index (χ4n) is 3.61. The van der Waals surface area contributed by atoms with Crippen LogP contribution in [0.4, 0.5) is 0 Å². The summed E-state index contributed by atoms with van der Waals surface area (Å²) < 4.78 is 5.29. The molecule has 1 amide bonds. The highest BCUT2D eigenvalue weighted by Crippen LogP contribution is 2.29. The Morgan fingerprint density at radius 2 is 2.07 bits per heavy atom. The number of nitrogens with one attached hydrogen (secondary N) is 1. The second kappa shape index (κ2) is 9.65. The smallest absolute Gasteiger partial charge is 0.227 e. The number of likely N-dealkylation sites (tertiary alicyclic amines) is 1. The molecule has 1 fully saturated rings. The Bertz CT molecular complexity index is 884. The van der Waals surface area contributed by atoms with Gasteiger partial charge in [0.05, 0.1) is 10.9 Å². The van der Waals surface area contributed by atoms with E-state index in [1.165, 1.54) is 17.7 Å². The summed E-state index contributed by atoms with van der Waals surface area (Å²) in [6.45, 7) is 5.14. The molecular formula is C21H26N4O2S2. The minimum atomic E-state index is 0.0211. The van der Waals surface area contributed by atoms with Crippen LogP contribution in [0, 0.1) is 5.92 Å². The van der Waals surface area contributed by atoms with E-state index in [1.54, 1.807) is 22.7 Å². The Hall–Kier alpha value is -2.03. The van der Waals surface area contributed by atoms with Gasteiger partial charge >= 0.3 is 0 Å². The van der Waals surface area contributed by atoms with Crippen LogP contribution in [0.3, 0.4) is 0 Å². The first kappa shape index (κ1) is 20.3. The molecule has 6 nitrogen and oxygen atoms in total. The Balaban J connectivity index is 1.29. The van der Waals surface area contributed by atoms with Gasteiger partial charge < -0.3 is 9.84 Å². The van der Waals surface area contributed by atoms with Gasteiger partial charge in [-0.1, -0.05) is 24.2 Å². The molecule has 0 aliphatic carbocycles. The van der Waals surface area contributed by atoms with Crippen LogP contribution in [0.25, 0.3) is 10.7 Å². The molecule has 0 spiro atoms. The number of piperidine rings is 1. The zero-order chi connectivity index (χ0) is 20.1. The van der Waals surface area contributed by atoms with Crippen molar-refractivity contribution in [3.63, 3.8) is 0 Å². The van der Waals surface area contributed by atoms with Gasteiger partial charge in [0.25, 0.3) is 0 Å². The van der Waals surface area contributed by atoms with Gasteiger partial charge in [0.1, 0.15) is 0 Å². The molecule has 29 heavy (non-hydrogen) atoms. The number of carbonyl (C=O) groups is 1. The van der Waals surface area contributed by atoms with Crippen molar-refractivity contribution < 1.29 is 9.32 Å². The Morgan fingerprint density at radius 3 is 2.79 bits per heavy atom. The molecule has 1 aliphatic heterocycles. The predicted octanol–water partition coefficient (Wildman–Crippen LogP) is 4.38. The zero-order valence-corrected chi connectivity index (χ0v) is 18.2. The average Bonchev–Trinajstić information content (AvgIpc) is 3.49. The molecule has 4 heterocycles. The summed E-state index contributed by atoms with van der Waals surface area (Å²) >= 11 is 3.33. The summed E-state index contributed by atoms with van der Waals surface area (Å²) in [6, 6.07) is 8.42. The van der Waals surface area contributed by atoms with E-state index in [-0.39, 0.29) is 11.9 Å². The quantitative estimate of drug-likeness (QED) is 0.574. The van der Waals surface area contributed by atoms with E-state index in [9.17, 15) is 4.79 Å². The summed E-state index contributed by atoms with van der Waals surface area (Å²) in [5.41, 5.74) is 0. The molecule has 0 unspecified atom stereocenters. The maximum atomic E-state index is 12.4. The molecule has 0 radical (unpaired) electrons. The molecule has 3 aromatic heterocycles. The Kier molecular flexibility index (Phi) is 6.74. The maximum Gasteiger partial charge on any atom is 0.227 e. The molecule has 4 rings (SSSR count). The van der Waals surface area contributed by atoms with Crippen molar-refractivity contribution in [2.45, 2.75) is 38.6 Å². The molecule has 154 valence electrons. The molecule has 1 saturated heterocycles. The van der Waals surface area contributed by atoms with Crippen molar-refractivity contribution in [2.24, 2.45) is 5.92 Å². The SMILES string of the molecule is CC1CCN([C@@H](CNC(=O)CCc2nc(-c3cccs3)no2)c2cccs2)CC1. The van der Waals surface area contributed by atoms with Crippen LogP contribution in [0.2, 0.25) is 0 Å². The number of aryl methyl sites for hydroxylation is 1. The molecule has 8 heteroatoms. The molecule has 0 aromatic carbocycles. The van der Waals surface area contributed by atoms with Crippen LogP contribution in [-0.2, 0) is 11.2 Å². The molecule has 0 saturated carbocycles. The molecule has 0 bridgehead atoms. The zero-order valence-electron chi connectivity index (χ0n) is 16.5. The summed E-state index contributed by atoms with van der Waals surface area (Å²) in [5.74, 6) is 1.90. The topological polar surface area (TPSA) is 71.3 Å². The maximum absolute atomic E-state index is 12.4. The lowest BCUT2D eigenvalue weighted by atomic mass is 9.97. The van der Waals surface area contributed by atoms with Gasteiger partial charge in [-0.3, -0.25) is 9.69 Å². The summed E-state index contributed by atoms with van der Waals surface area (Å²) in [7, 11) is 0. The van der Waals surface area contributed by atoms with E-state index >= 15 is 0 Å². The number of nitrogens with zero attached hydrogens (tertiary/aromatic N) is 3. The summed E-state index contributed by atoms with van der Waals surface area (Å²) in [6.07, 6.45) is 3.24. The third-order valence-corrected chi connectivity index (χ3v) is 7.24. The first-order valence-electron chi connectivity index (χ1n) is 10.1. The second-order valence-electron chi connectivity index (χ2n) is 7.54. The number of thiophene rings is 2. The lowest BCUT2D eigenvalue weighted by molar-refractivity contribution is -0.121. The van der Waals surface area contributed by atoms with Crippen LogP contribution in [0.1, 0.15) is 43.0 Å². The van der Waals surface area contributed by atoms with E-state index in [0.29, 0.717) is 31.1 Å². The highest BCUT2D eigenvalue weighted by atomic mass is 32.1. The van der Waals surface area contributed by atoms with Crippen molar-refractivity contribution in [3.8, 4) is 10.7 Å². The molecule has 1 aliphatic rings. The van der Waals surface area contributed by atoms with Crippen molar-refractivity contribution in [3.05, 3.63) is 45.8 Å². The van der Waals surface area contributed by atoms with Crippen molar-refractivity contribution in [1.29, 1.82) is 0 Å². The van der Waals surface area contributed by atoms with Gasteiger partial charge in [0.15, 0.2) is 0 Å². The van der Waals surface area contributed by atoms with E-state index in [4.69, 9.17) is 4.52 Å². The first-order chi connectivity index (χ1) is 14.2. The predicted molar refractivity (Wildman–Crippen MR) is 116 cm³/mol. The van der Waals surface area contributed by atoms with Gasteiger partial charge in [-0.15, -0.1) is 22.7 Å². The Morgan fingerprint density at radius 1 is 1.28 bits per heavy atom. The van der Waals surface area contributed by atoms with Crippen LogP contribution in [0.15, 0.2) is 39.5 Å². The fraction of sp³-hybridized carbons (Fsp3) is 0.476. The summed E-state index contributed by atoms with van der Waals surface area (Å²) in [4.78, 5) is 21.6. The minimum Gasteiger partial charge on any atom is -0.354 e. The fourth-order valence-corrected chi connectivity index (χ4v) is 5.12. The molecule has 1 N–H and O–H groups in total. The lowest BCUT2D eigenvalue weighted by Crippen LogP contribution is -2.41. The van der Waals surface area contributed by atoms with Crippen molar-refractivity contribution in [2.75, 3.05) is 19.6 Å². The van der Waals surface area contributed by atoms with E-state index in [1.807, 2.05) is 17.5 Å². The van der Waals surface area contributed by atoms with Gasteiger partial charge in [-0.2, -0.15) is 4.98 Å². The largest absolute Gasteiger partial charge is 0.354 e. The highest BCUT2D eigenvalue weighted by molar-refractivity contribution is 7.13. The molecular weight excluding hydrogens is 404 g/mol. The van der Waals surface area contributed by atoms with Crippen molar-refractivity contribution >= 4 is 28.6 Å². The second-order valence-corrected chi connectivity index (χ2v) is 9.47. The summed E-state index contributed by atoms with van der Waals surface area (Å²) in [5, 5.41) is 11.2. The normalized spacial score (nSPS) is 16.7. The number of carbonyl (C=O) groups excluding carboxylic acids is 1. The van der Waals surface area contributed by atoms with E-state index in [2.05, 4.69) is 44.8 Å². The highest BCUT2D eigenvalue weighted by Gasteiger charge is 2.25. The van der Waals surface area contributed by atoms with Crippen LogP contribution < -0.4 is 5.32 Å². The van der Waals surface area contributed by atoms with Gasteiger partial charge in [-0.25, -0.2) is 0 Å². The number of hydrogen-bond acceptors (Lipinski definition) is 7. The average molecular weight is 431 g/mol. The first-order valence-corrected chi connectivity index (χ1v) is 11.9. The van der Waals surface area contributed by atoms with Crippen LogP contribution in [-0.4, -0.2) is 40.6 Å². The number of aromatic nitrogens is 2. The monoisotopic (exact) mass is 430 g/mol. The van der Waals surface area contributed by atoms with Gasteiger partial charge in [0, 0.05) is 24.3 Å². The number of rotatable bonds is 8. The number of amides is 1. The molecule has 1 atom stereocenters. The molecule has 3 aromatic rings. The lowest BCUT2D eigenvalue weighted by Gasteiger charge is -2.36. The van der Waals surface area contributed by atoms with Crippen molar-refractivity contribution in [1.82, 2.24) is 20.4 Å². The third kappa shape index (κ3) is 5.32. The van der Waals surface area contributed by atoms with Gasteiger partial charge in [0.2, 0.25) is 17.6 Å². The van der Waals surface area contributed by atoms with Crippen LogP contribution in [0.5, 0.6) is 0 Å². The van der Waals surface area contributed by atoms with E-state index < -0.39 is 0 Å². The minimum absolute atomic E-state index is 0.0211. The van der Waals surface area contributed by atoms with Gasteiger partial charge in [-0.05, 0) is 54.7 Å². The van der Waals surface area contributed by atoms with Crippen LogP contribution >= 0.6 is 22.7 Å². The third-order valence-electron chi connectivity index (χ3n) is 5.40.